The van der Waals surface area contributed by atoms with Gasteiger partial charge in [0.1, 0.15) is 10.9 Å². The van der Waals surface area contributed by atoms with Gasteiger partial charge >= 0.3 is 0 Å². The molecule has 0 aliphatic heterocycles. The third kappa shape index (κ3) is 4.12. The maximum Gasteiger partial charge on any atom is 0.170 e. The lowest BCUT2D eigenvalue weighted by Gasteiger charge is -2.07. The van der Waals surface area contributed by atoms with E-state index in [-0.39, 0.29) is 0 Å². The van der Waals surface area contributed by atoms with Crippen LogP contribution in [0.15, 0.2) is 70.1 Å². The number of ether oxygens (including phenoxy) is 1. The van der Waals surface area contributed by atoms with Crippen LogP contribution in [0.4, 0.5) is 0 Å². The molecule has 0 saturated carbocycles. The lowest BCUT2D eigenvalue weighted by molar-refractivity contribution is 0.416. The number of rotatable bonds is 2. The first-order valence-electron chi connectivity index (χ1n) is 8.35. The topological polar surface area (TPSA) is 69.6 Å². The Kier molecular flexibility index (Phi) is 5.79. The zero-order valence-corrected chi connectivity index (χ0v) is 18.9. The van der Waals surface area contributed by atoms with Crippen molar-refractivity contribution in [1.29, 1.82) is 0 Å². The van der Waals surface area contributed by atoms with E-state index >= 15 is 0 Å². The molecule has 29 heavy (non-hydrogen) atoms. The summed E-state index contributed by atoms with van der Waals surface area (Å²) in [6, 6.07) is 11.4. The van der Waals surface area contributed by atoms with Crippen molar-refractivity contribution in [2.45, 2.75) is 0 Å². The molecule has 1 aromatic carbocycles. The molecule has 0 spiro atoms. The van der Waals surface area contributed by atoms with Gasteiger partial charge in [0.15, 0.2) is 11.3 Å². The molecule has 0 radical (unpaired) electrons. The lowest BCUT2D eigenvalue weighted by Crippen LogP contribution is -1.94. The van der Waals surface area contributed by atoms with Gasteiger partial charge < -0.3 is 4.74 Å². The number of hydrogen-bond acceptors (Lipinski definition) is 5. The number of aromatic nitrogens is 6. The Morgan fingerprint density at radius 1 is 0.862 bits per heavy atom. The van der Waals surface area contributed by atoms with Crippen molar-refractivity contribution in [2.75, 3.05) is 7.11 Å². The zero-order chi connectivity index (χ0) is 20.4. The first-order valence-corrected chi connectivity index (χ1v) is 10.3. The van der Waals surface area contributed by atoms with Crippen molar-refractivity contribution in [3.63, 3.8) is 0 Å². The minimum absolute atomic E-state index is 0.471. The first kappa shape index (κ1) is 19.8. The number of halogens is 3. The molecule has 0 aliphatic carbocycles. The molecule has 7 nitrogen and oxygen atoms in total. The Bertz CT molecular complexity index is 1300. The van der Waals surface area contributed by atoms with E-state index in [9.17, 15) is 0 Å². The van der Waals surface area contributed by atoms with Crippen LogP contribution in [0.3, 0.4) is 0 Å². The van der Waals surface area contributed by atoms with Crippen LogP contribution in [0.2, 0.25) is 5.15 Å². The maximum absolute atomic E-state index is 5.67. The van der Waals surface area contributed by atoms with Gasteiger partial charge in [-0.2, -0.15) is 10.2 Å². The summed E-state index contributed by atoms with van der Waals surface area (Å²) in [6.07, 6.45) is 7.05. The van der Waals surface area contributed by atoms with Gasteiger partial charge in [0.2, 0.25) is 0 Å². The molecule has 0 amide bonds. The van der Waals surface area contributed by atoms with Crippen LogP contribution in [0.1, 0.15) is 0 Å². The molecule has 0 unspecified atom stereocenters. The highest BCUT2D eigenvalue weighted by Gasteiger charge is 2.09. The molecule has 0 N–H and O–H groups in total. The van der Waals surface area contributed by atoms with E-state index in [1.807, 2.05) is 36.5 Å². The van der Waals surface area contributed by atoms with Gasteiger partial charge in [-0.15, -0.1) is 0 Å². The molecule has 4 heterocycles. The monoisotopic (exact) mass is 534 g/mol. The van der Waals surface area contributed by atoms with Crippen LogP contribution < -0.4 is 4.74 Å². The Morgan fingerprint density at radius 2 is 1.48 bits per heavy atom. The van der Waals surface area contributed by atoms with Gasteiger partial charge in [0, 0.05) is 18.0 Å². The Hall–Kier alpha value is -2.49. The van der Waals surface area contributed by atoms with Gasteiger partial charge in [0.25, 0.3) is 0 Å². The average molecular weight is 537 g/mol. The number of fused-ring (bicyclic) bond motifs is 2. The van der Waals surface area contributed by atoms with Gasteiger partial charge in [-0.3, -0.25) is 0 Å². The van der Waals surface area contributed by atoms with Crippen LogP contribution >= 0.6 is 43.5 Å². The predicted molar refractivity (Wildman–Crippen MR) is 118 cm³/mol. The van der Waals surface area contributed by atoms with Gasteiger partial charge in [-0.1, -0.05) is 23.7 Å². The van der Waals surface area contributed by atoms with Crippen LogP contribution in [-0.4, -0.2) is 36.3 Å². The molecular weight excluding hydrogens is 524 g/mol. The van der Waals surface area contributed by atoms with Crippen molar-refractivity contribution < 1.29 is 4.74 Å². The van der Waals surface area contributed by atoms with Crippen LogP contribution in [0, 0.1) is 0 Å². The van der Waals surface area contributed by atoms with Crippen LogP contribution in [-0.2, 0) is 0 Å². The fourth-order valence-electron chi connectivity index (χ4n) is 2.67. The quantitative estimate of drug-likeness (QED) is 0.286. The number of nitrogens with zero attached hydrogens (tertiary/aromatic N) is 6. The third-order valence-electron chi connectivity index (χ3n) is 4.00. The normalized spacial score (nSPS) is 10.8. The van der Waals surface area contributed by atoms with E-state index in [4.69, 9.17) is 16.3 Å². The molecule has 0 atom stereocenters. The highest BCUT2D eigenvalue weighted by molar-refractivity contribution is 9.11. The van der Waals surface area contributed by atoms with E-state index in [1.165, 1.54) is 0 Å². The fourth-order valence-corrected chi connectivity index (χ4v) is 3.53. The third-order valence-corrected chi connectivity index (χ3v) is 5.33. The number of methoxy groups -OCH3 is 1. The summed E-state index contributed by atoms with van der Waals surface area (Å²) in [5.74, 6) is 0.810. The summed E-state index contributed by atoms with van der Waals surface area (Å²) >= 11 is 12.4. The van der Waals surface area contributed by atoms with E-state index in [2.05, 4.69) is 52.0 Å². The molecule has 10 heteroatoms. The Labute approximate surface area is 187 Å². The van der Waals surface area contributed by atoms with E-state index in [0.717, 1.165) is 37.2 Å². The summed E-state index contributed by atoms with van der Waals surface area (Å²) in [7, 11) is 1.66. The summed E-state index contributed by atoms with van der Waals surface area (Å²) < 4.78 is 10.4. The number of hydrogen-bond donors (Lipinski definition) is 0. The molecule has 0 aliphatic rings. The van der Waals surface area contributed by atoms with Crippen molar-refractivity contribution in [3.8, 4) is 17.0 Å². The average Bonchev–Trinajstić information content (AvgIpc) is 3.31. The zero-order valence-electron chi connectivity index (χ0n) is 15.0. The minimum atomic E-state index is 0.471. The highest BCUT2D eigenvalue weighted by Crippen LogP contribution is 2.29. The van der Waals surface area contributed by atoms with Gasteiger partial charge in [-0.05, 0) is 56.1 Å². The Balaban J connectivity index is 0.000000159. The Morgan fingerprint density at radius 3 is 2.17 bits per heavy atom. The van der Waals surface area contributed by atoms with Crippen molar-refractivity contribution in [3.05, 3.63) is 75.3 Å². The number of para-hydroxylation sites is 1. The number of benzene rings is 1. The van der Waals surface area contributed by atoms with Crippen molar-refractivity contribution >= 4 is 54.8 Å². The molecule has 0 bridgehead atoms. The second-order valence-electron chi connectivity index (χ2n) is 5.78. The van der Waals surface area contributed by atoms with Crippen molar-refractivity contribution in [1.82, 2.24) is 29.2 Å². The van der Waals surface area contributed by atoms with Crippen molar-refractivity contribution in [2.24, 2.45) is 0 Å². The summed E-state index contributed by atoms with van der Waals surface area (Å²) in [5.41, 5.74) is 3.35. The van der Waals surface area contributed by atoms with Gasteiger partial charge in [0.05, 0.1) is 34.1 Å². The van der Waals surface area contributed by atoms with Crippen LogP contribution in [0.25, 0.3) is 22.6 Å². The molecule has 4 aromatic heterocycles. The fraction of sp³-hybridized carbons (Fsp3) is 0.0526. The molecule has 5 rings (SSSR count). The standard InChI is InChI=1S/C13H10BrN3O.C6H3BrClN3/c1-18-12-5-3-2-4-9(12)11-6-7-17-13(16-11)10(14)8-15-17;7-4-3-9-11-2-1-5(8)10-6(4)11/h2-8H,1H3;1-3H. The summed E-state index contributed by atoms with van der Waals surface area (Å²) in [6.45, 7) is 0. The highest BCUT2D eigenvalue weighted by atomic mass is 79.9. The molecule has 5 aromatic rings. The maximum atomic E-state index is 5.67. The largest absolute Gasteiger partial charge is 0.496 e. The first-order chi connectivity index (χ1) is 14.1. The minimum Gasteiger partial charge on any atom is -0.496 e. The lowest BCUT2D eigenvalue weighted by atomic mass is 10.1. The van der Waals surface area contributed by atoms with E-state index < -0.39 is 0 Å². The summed E-state index contributed by atoms with van der Waals surface area (Å²) in [5, 5.41) is 8.65. The predicted octanol–water partition coefficient (Wildman–Crippen LogP) is 5.31. The summed E-state index contributed by atoms with van der Waals surface area (Å²) in [4.78, 5) is 8.64. The van der Waals surface area contributed by atoms with Gasteiger partial charge in [-0.25, -0.2) is 19.0 Å². The second kappa shape index (κ2) is 8.48. The molecule has 0 saturated heterocycles. The van der Waals surface area contributed by atoms with E-state index in [0.29, 0.717) is 5.15 Å². The molecular formula is C19H13Br2ClN6O. The smallest absolute Gasteiger partial charge is 0.170 e. The molecule has 0 fully saturated rings. The molecule has 146 valence electrons. The SMILES string of the molecule is COc1ccccc1-c1ccn2ncc(Br)c2n1.Clc1ccn2ncc(Br)c2n1. The van der Waals surface area contributed by atoms with Crippen LogP contribution in [0.5, 0.6) is 5.75 Å². The van der Waals surface area contributed by atoms with E-state index in [1.54, 1.807) is 40.8 Å². The second-order valence-corrected chi connectivity index (χ2v) is 7.88.